The maximum Gasteiger partial charge on any atom is 0.261 e. The van der Waals surface area contributed by atoms with Crippen LogP contribution in [-0.4, -0.2) is 41.4 Å². The van der Waals surface area contributed by atoms with Crippen LogP contribution in [0.5, 0.6) is 0 Å². The summed E-state index contributed by atoms with van der Waals surface area (Å²) in [5, 5.41) is 7.30. The highest BCUT2D eigenvalue weighted by Crippen LogP contribution is 2.29. The molecule has 1 aromatic carbocycles. The lowest BCUT2D eigenvalue weighted by molar-refractivity contribution is 0.122. The normalized spacial score (nSPS) is 14.4. The average Bonchev–Trinajstić information content (AvgIpc) is 3.14. The van der Waals surface area contributed by atoms with Crippen molar-refractivity contribution in [2.75, 3.05) is 36.5 Å². The van der Waals surface area contributed by atoms with E-state index in [1.54, 1.807) is 13.1 Å². The maximum atomic E-state index is 5.49. The van der Waals surface area contributed by atoms with Crippen molar-refractivity contribution in [2.45, 2.75) is 13.5 Å². The SMILES string of the molecule is Cc1noc(-c2cccnc2NCc2ccc(Br)cc2N2CCOCC2)n1. The molecule has 0 aliphatic carbocycles. The van der Waals surface area contributed by atoms with Crippen LogP contribution in [0.25, 0.3) is 11.5 Å². The van der Waals surface area contributed by atoms with Gasteiger partial charge in [0.05, 0.1) is 18.8 Å². The Morgan fingerprint density at radius 2 is 2.07 bits per heavy atom. The minimum absolute atomic E-state index is 0.465. The molecule has 0 amide bonds. The number of benzene rings is 1. The van der Waals surface area contributed by atoms with E-state index in [9.17, 15) is 0 Å². The lowest BCUT2D eigenvalue weighted by Gasteiger charge is -2.31. The van der Waals surface area contributed by atoms with Gasteiger partial charge in [-0.2, -0.15) is 4.98 Å². The second kappa shape index (κ2) is 8.06. The third-order valence-electron chi connectivity index (χ3n) is 4.41. The summed E-state index contributed by atoms with van der Waals surface area (Å²) in [6.45, 7) is 5.71. The monoisotopic (exact) mass is 429 g/mol. The van der Waals surface area contributed by atoms with Gasteiger partial charge in [-0.15, -0.1) is 0 Å². The van der Waals surface area contributed by atoms with E-state index < -0.39 is 0 Å². The number of nitrogens with zero attached hydrogens (tertiary/aromatic N) is 4. The molecule has 0 spiro atoms. The summed E-state index contributed by atoms with van der Waals surface area (Å²) in [4.78, 5) is 11.1. The van der Waals surface area contributed by atoms with Crippen molar-refractivity contribution < 1.29 is 9.26 Å². The van der Waals surface area contributed by atoms with Crippen LogP contribution in [0.15, 0.2) is 45.5 Å². The van der Waals surface area contributed by atoms with Gasteiger partial charge in [0.15, 0.2) is 5.82 Å². The van der Waals surface area contributed by atoms with E-state index in [4.69, 9.17) is 9.26 Å². The molecule has 3 aromatic rings. The first-order valence-electron chi connectivity index (χ1n) is 8.81. The summed E-state index contributed by atoms with van der Waals surface area (Å²) in [5.74, 6) is 1.78. The number of aromatic nitrogens is 3. The van der Waals surface area contributed by atoms with Gasteiger partial charge >= 0.3 is 0 Å². The molecular formula is C19H20BrN5O2. The van der Waals surface area contributed by atoms with E-state index in [0.717, 1.165) is 42.2 Å². The summed E-state index contributed by atoms with van der Waals surface area (Å²) in [6.07, 6.45) is 1.75. The van der Waals surface area contributed by atoms with Crippen molar-refractivity contribution in [3.63, 3.8) is 0 Å². The summed E-state index contributed by atoms with van der Waals surface area (Å²) in [5.41, 5.74) is 3.19. The maximum absolute atomic E-state index is 5.49. The van der Waals surface area contributed by atoms with Gasteiger partial charge in [0.1, 0.15) is 5.82 Å². The number of hydrogen-bond donors (Lipinski definition) is 1. The third kappa shape index (κ3) is 4.12. The molecule has 1 aliphatic heterocycles. The fraction of sp³-hybridized carbons (Fsp3) is 0.316. The van der Waals surface area contributed by atoms with Gasteiger partial charge in [-0.3, -0.25) is 0 Å². The van der Waals surface area contributed by atoms with E-state index >= 15 is 0 Å². The van der Waals surface area contributed by atoms with Gasteiger partial charge in [-0.25, -0.2) is 4.98 Å². The minimum Gasteiger partial charge on any atom is -0.378 e. The Morgan fingerprint density at radius 3 is 2.85 bits per heavy atom. The number of halogens is 1. The lowest BCUT2D eigenvalue weighted by atomic mass is 10.1. The molecule has 0 radical (unpaired) electrons. The first kappa shape index (κ1) is 17.9. The smallest absolute Gasteiger partial charge is 0.261 e. The molecule has 0 bridgehead atoms. The van der Waals surface area contributed by atoms with Crippen LogP contribution >= 0.6 is 15.9 Å². The first-order chi connectivity index (χ1) is 13.2. The van der Waals surface area contributed by atoms with Gasteiger partial charge in [-0.05, 0) is 36.8 Å². The molecule has 0 unspecified atom stereocenters. The van der Waals surface area contributed by atoms with Crippen molar-refractivity contribution in [3.8, 4) is 11.5 Å². The Bertz CT molecular complexity index is 924. The number of anilines is 2. The first-order valence-corrected chi connectivity index (χ1v) is 9.61. The van der Waals surface area contributed by atoms with Crippen LogP contribution < -0.4 is 10.2 Å². The molecule has 0 saturated carbocycles. The summed E-state index contributed by atoms with van der Waals surface area (Å²) >= 11 is 3.59. The van der Waals surface area contributed by atoms with E-state index in [1.807, 2.05) is 12.1 Å². The largest absolute Gasteiger partial charge is 0.378 e. The second-order valence-electron chi connectivity index (χ2n) is 6.27. The Labute approximate surface area is 165 Å². The van der Waals surface area contributed by atoms with E-state index in [1.165, 1.54) is 11.3 Å². The molecule has 27 heavy (non-hydrogen) atoms. The number of pyridine rings is 1. The van der Waals surface area contributed by atoms with Crippen LogP contribution in [0.2, 0.25) is 0 Å². The Balaban J connectivity index is 1.58. The quantitative estimate of drug-likeness (QED) is 0.662. The van der Waals surface area contributed by atoms with Crippen molar-refractivity contribution in [1.82, 2.24) is 15.1 Å². The zero-order chi connectivity index (χ0) is 18.6. The molecule has 4 rings (SSSR count). The highest BCUT2D eigenvalue weighted by Gasteiger charge is 2.17. The Morgan fingerprint density at radius 1 is 1.22 bits per heavy atom. The fourth-order valence-electron chi connectivity index (χ4n) is 3.09. The topological polar surface area (TPSA) is 76.3 Å². The molecular weight excluding hydrogens is 410 g/mol. The van der Waals surface area contributed by atoms with E-state index in [-0.39, 0.29) is 0 Å². The molecule has 1 N–H and O–H groups in total. The molecule has 1 aliphatic rings. The number of hydrogen-bond acceptors (Lipinski definition) is 7. The molecule has 1 saturated heterocycles. The summed E-state index contributed by atoms with van der Waals surface area (Å²) < 4.78 is 11.9. The van der Waals surface area contributed by atoms with E-state index in [0.29, 0.717) is 18.3 Å². The molecule has 8 heteroatoms. The van der Waals surface area contributed by atoms with E-state index in [2.05, 4.69) is 59.5 Å². The van der Waals surface area contributed by atoms with Crippen molar-refractivity contribution >= 4 is 27.4 Å². The van der Waals surface area contributed by atoms with Crippen molar-refractivity contribution in [3.05, 3.63) is 52.4 Å². The van der Waals surface area contributed by atoms with Gasteiger partial charge in [0, 0.05) is 36.0 Å². The van der Waals surface area contributed by atoms with Crippen LogP contribution in [0.3, 0.4) is 0 Å². The molecule has 1 fully saturated rings. The molecule has 140 valence electrons. The lowest BCUT2D eigenvalue weighted by Crippen LogP contribution is -2.36. The Kier molecular flexibility index (Phi) is 5.35. The standard InChI is InChI=1S/C19H20BrN5O2/c1-13-23-19(27-24-13)16-3-2-6-21-18(16)22-12-14-4-5-15(20)11-17(14)25-7-9-26-10-8-25/h2-6,11H,7-10,12H2,1H3,(H,21,22). The van der Waals surface area contributed by atoms with Crippen molar-refractivity contribution in [1.29, 1.82) is 0 Å². The zero-order valence-corrected chi connectivity index (χ0v) is 16.6. The third-order valence-corrected chi connectivity index (χ3v) is 4.90. The minimum atomic E-state index is 0.465. The molecule has 2 aromatic heterocycles. The highest BCUT2D eigenvalue weighted by atomic mass is 79.9. The van der Waals surface area contributed by atoms with Gasteiger partial charge < -0.3 is 19.5 Å². The Hall–Kier alpha value is -2.45. The average molecular weight is 430 g/mol. The van der Waals surface area contributed by atoms with Crippen molar-refractivity contribution in [2.24, 2.45) is 0 Å². The number of nitrogens with one attached hydrogen (secondary N) is 1. The number of morpholine rings is 1. The molecule has 3 heterocycles. The van der Waals surface area contributed by atoms with Gasteiger partial charge in [0.25, 0.3) is 5.89 Å². The summed E-state index contributed by atoms with van der Waals surface area (Å²) in [6, 6.07) is 10.1. The number of ether oxygens (including phenoxy) is 1. The second-order valence-corrected chi connectivity index (χ2v) is 7.19. The van der Waals surface area contributed by atoms with Crippen LogP contribution in [-0.2, 0) is 11.3 Å². The van der Waals surface area contributed by atoms with Crippen LogP contribution in [0.4, 0.5) is 11.5 Å². The van der Waals surface area contributed by atoms with Gasteiger partial charge in [0.2, 0.25) is 0 Å². The van der Waals surface area contributed by atoms with Gasteiger partial charge in [-0.1, -0.05) is 27.2 Å². The predicted molar refractivity (Wildman–Crippen MR) is 107 cm³/mol. The molecule has 0 atom stereocenters. The predicted octanol–water partition coefficient (Wildman–Crippen LogP) is 3.65. The zero-order valence-electron chi connectivity index (χ0n) is 15.0. The summed E-state index contributed by atoms with van der Waals surface area (Å²) in [7, 11) is 0. The number of aryl methyl sites for hydroxylation is 1. The molecule has 7 nitrogen and oxygen atoms in total. The fourth-order valence-corrected chi connectivity index (χ4v) is 3.44. The highest BCUT2D eigenvalue weighted by molar-refractivity contribution is 9.10. The number of rotatable bonds is 5. The van der Waals surface area contributed by atoms with Crippen LogP contribution in [0, 0.1) is 6.92 Å². The van der Waals surface area contributed by atoms with Crippen LogP contribution in [0.1, 0.15) is 11.4 Å².